The molecule has 0 spiro atoms. The molecule has 0 aromatic heterocycles. The Bertz CT molecular complexity index is 204. The molecule has 0 amide bonds. The summed E-state index contributed by atoms with van der Waals surface area (Å²) in [6.07, 6.45) is 2.92. The van der Waals surface area contributed by atoms with Crippen molar-refractivity contribution in [2.75, 3.05) is 26.7 Å². The van der Waals surface area contributed by atoms with Gasteiger partial charge in [0.2, 0.25) is 0 Å². The summed E-state index contributed by atoms with van der Waals surface area (Å²) in [4.78, 5) is 13.3. The zero-order chi connectivity index (χ0) is 8.97. The van der Waals surface area contributed by atoms with Crippen molar-refractivity contribution >= 4 is 18.4 Å². The molecule has 4 heteroatoms. The molecule has 0 aromatic rings. The first kappa shape index (κ1) is 12.5. The maximum absolute atomic E-state index is 11.2. The Morgan fingerprint density at radius 1 is 1.69 bits per heavy atom. The van der Waals surface area contributed by atoms with Gasteiger partial charge in [-0.3, -0.25) is 0 Å². The summed E-state index contributed by atoms with van der Waals surface area (Å²) in [5.74, 6) is -0.163. The third kappa shape index (κ3) is 3.79. The van der Waals surface area contributed by atoms with Crippen LogP contribution in [0.5, 0.6) is 0 Å². The van der Waals surface area contributed by atoms with E-state index in [-0.39, 0.29) is 18.4 Å². The predicted molar refractivity (Wildman–Crippen MR) is 54.1 cm³/mol. The van der Waals surface area contributed by atoms with E-state index in [9.17, 15) is 4.79 Å². The van der Waals surface area contributed by atoms with Crippen molar-refractivity contribution in [3.63, 3.8) is 0 Å². The summed E-state index contributed by atoms with van der Waals surface area (Å²) in [5.41, 5.74) is 0.797. The van der Waals surface area contributed by atoms with Crippen LogP contribution in [-0.2, 0) is 9.53 Å². The first-order chi connectivity index (χ1) is 5.74. The summed E-state index contributed by atoms with van der Waals surface area (Å²) in [5, 5.41) is 0. The molecule has 3 nitrogen and oxygen atoms in total. The average Bonchev–Trinajstić information content (AvgIpc) is 2.05. The molecule has 1 aliphatic rings. The van der Waals surface area contributed by atoms with Gasteiger partial charge in [-0.05, 0) is 20.4 Å². The summed E-state index contributed by atoms with van der Waals surface area (Å²) in [7, 11) is 2.01. The number of nitrogens with zero attached hydrogens (tertiary/aromatic N) is 1. The standard InChI is InChI=1S/C9H15NO2.ClH/c1-3-12-9(11)8-5-4-6-10(2)7-8;/h5H,3-4,6-7H2,1-2H3;1H. The van der Waals surface area contributed by atoms with Gasteiger partial charge in [0, 0.05) is 18.7 Å². The number of hydrogen-bond donors (Lipinski definition) is 0. The van der Waals surface area contributed by atoms with Gasteiger partial charge in [0.15, 0.2) is 0 Å². The van der Waals surface area contributed by atoms with Crippen LogP contribution in [0.3, 0.4) is 0 Å². The average molecular weight is 206 g/mol. The van der Waals surface area contributed by atoms with Crippen molar-refractivity contribution in [3.8, 4) is 0 Å². The summed E-state index contributed by atoms with van der Waals surface area (Å²) in [6, 6.07) is 0. The lowest BCUT2D eigenvalue weighted by atomic mass is 10.1. The normalized spacial score (nSPS) is 17.2. The van der Waals surface area contributed by atoms with Gasteiger partial charge in [-0.1, -0.05) is 6.08 Å². The van der Waals surface area contributed by atoms with Gasteiger partial charge in [-0.25, -0.2) is 4.79 Å². The van der Waals surface area contributed by atoms with Crippen LogP contribution in [0, 0.1) is 0 Å². The lowest BCUT2D eigenvalue weighted by molar-refractivity contribution is -0.138. The molecular weight excluding hydrogens is 190 g/mol. The molecule has 0 N–H and O–H groups in total. The second-order valence-corrected chi connectivity index (χ2v) is 2.98. The van der Waals surface area contributed by atoms with Crippen molar-refractivity contribution < 1.29 is 9.53 Å². The number of halogens is 1. The molecule has 76 valence electrons. The monoisotopic (exact) mass is 205 g/mol. The maximum atomic E-state index is 11.2. The molecule has 0 fully saturated rings. The van der Waals surface area contributed by atoms with Crippen LogP contribution in [0.25, 0.3) is 0 Å². The van der Waals surface area contributed by atoms with E-state index in [1.165, 1.54) is 0 Å². The highest BCUT2D eigenvalue weighted by Crippen LogP contribution is 2.08. The van der Waals surface area contributed by atoms with Crippen LogP contribution in [0.2, 0.25) is 0 Å². The Kier molecular flexibility index (Phi) is 5.75. The first-order valence-corrected chi connectivity index (χ1v) is 4.28. The van der Waals surface area contributed by atoms with Crippen molar-refractivity contribution in [2.45, 2.75) is 13.3 Å². The van der Waals surface area contributed by atoms with Gasteiger partial charge in [-0.15, -0.1) is 12.4 Å². The minimum Gasteiger partial charge on any atom is -0.463 e. The predicted octanol–water partition coefficient (Wildman–Crippen LogP) is 1.23. The third-order valence-electron chi connectivity index (χ3n) is 1.88. The quantitative estimate of drug-likeness (QED) is 0.636. The van der Waals surface area contributed by atoms with Crippen LogP contribution in [0.15, 0.2) is 11.6 Å². The van der Waals surface area contributed by atoms with E-state index in [0.29, 0.717) is 6.61 Å². The van der Waals surface area contributed by atoms with Crippen LogP contribution >= 0.6 is 12.4 Å². The SMILES string of the molecule is CCOC(=O)C1=CCCN(C)C1.Cl. The highest BCUT2D eigenvalue weighted by Gasteiger charge is 2.15. The highest BCUT2D eigenvalue weighted by molar-refractivity contribution is 5.89. The largest absolute Gasteiger partial charge is 0.463 e. The summed E-state index contributed by atoms with van der Waals surface area (Å²) >= 11 is 0. The number of likely N-dealkylation sites (N-methyl/N-ethyl adjacent to an activating group) is 1. The topological polar surface area (TPSA) is 29.5 Å². The van der Waals surface area contributed by atoms with Crippen LogP contribution in [0.1, 0.15) is 13.3 Å². The van der Waals surface area contributed by atoms with E-state index in [4.69, 9.17) is 4.74 Å². The Hall–Kier alpha value is -0.540. The van der Waals surface area contributed by atoms with Gasteiger partial charge < -0.3 is 9.64 Å². The fraction of sp³-hybridized carbons (Fsp3) is 0.667. The summed E-state index contributed by atoms with van der Waals surface area (Å²) < 4.78 is 4.90. The number of ether oxygens (including phenoxy) is 1. The van der Waals surface area contributed by atoms with E-state index < -0.39 is 0 Å². The van der Waals surface area contributed by atoms with E-state index in [1.54, 1.807) is 0 Å². The van der Waals surface area contributed by atoms with Gasteiger partial charge in [0.05, 0.1) is 6.61 Å². The van der Waals surface area contributed by atoms with Gasteiger partial charge in [0.25, 0.3) is 0 Å². The molecule has 0 saturated carbocycles. The Labute approximate surface area is 85.2 Å². The number of esters is 1. The molecule has 1 aliphatic heterocycles. The van der Waals surface area contributed by atoms with Crippen LogP contribution < -0.4 is 0 Å². The molecule has 0 saturated heterocycles. The Balaban J connectivity index is 0.00000144. The van der Waals surface area contributed by atoms with Crippen LogP contribution in [0.4, 0.5) is 0 Å². The first-order valence-electron chi connectivity index (χ1n) is 4.28. The Morgan fingerprint density at radius 2 is 2.38 bits per heavy atom. The molecule has 0 radical (unpaired) electrons. The van der Waals surface area contributed by atoms with Gasteiger partial charge in [-0.2, -0.15) is 0 Å². The molecule has 1 heterocycles. The maximum Gasteiger partial charge on any atom is 0.334 e. The lowest BCUT2D eigenvalue weighted by Crippen LogP contribution is -2.29. The molecule has 0 aromatic carbocycles. The smallest absolute Gasteiger partial charge is 0.334 e. The van der Waals surface area contributed by atoms with E-state index in [2.05, 4.69) is 4.90 Å². The fourth-order valence-corrected chi connectivity index (χ4v) is 1.27. The van der Waals surface area contributed by atoms with Crippen molar-refractivity contribution in [1.82, 2.24) is 4.90 Å². The van der Waals surface area contributed by atoms with E-state index in [1.807, 2.05) is 20.0 Å². The molecule has 0 aliphatic carbocycles. The molecule has 0 unspecified atom stereocenters. The minimum atomic E-state index is -0.163. The third-order valence-corrected chi connectivity index (χ3v) is 1.88. The van der Waals surface area contributed by atoms with Crippen molar-refractivity contribution in [2.24, 2.45) is 0 Å². The molecular formula is C9H16ClNO2. The Morgan fingerprint density at radius 3 is 2.92 bits per heavy atom. The lowest BCUT2D eigenvalue weighted by Gasteiger charge is -2.21. The molecule has 0 atom stereocenters. The van der Waals surface area contributed by atoms with Gasteiger partial charge in [0.1, 0.15) is 0 Å². The zero-order valence-corrected chi connectivity index (χ0v) is 8.89. The molecule has 1 rings (SSSR count). The number of carbonyl (C=O) groups excluding carboxylic acids is 1. The number of carbonyl (C=O) groups is 1. The van der Waals surface area contributed by atoms with E-state index in [0.717, 1.165) is 25.1 Å². The second-order valence-electron chi connectivity index (χ2n) is 2.98. The number of rotatable bonds is 2. The number of hydrogen-bond acceptors (Lipinski definition) is 3. The van der Waals surface area contributed by atoms with Crippen molar-refractivity contribution in [1.29, 1.82) is 0 Å². The van der Waals surface area contributed by atoms with Gasteiger partial charge >= 0.3 is 5.97 Å². The van der Waals surface area contributed by atoms with Crippen LogP contribution in [-0.4, -0.2) is 37.6 Å². The fourth-order valence-electron chi connectivity index (χ4n) is 1.27. The van der Waals surface area contributed by atoms with Crippen molar-refractivity contribution in [3.05, 3.63) is 11.6 Å². The summed E-state index contributed by atoms with van der Waals surface area (Å²) in [6.45, 7) is 4.03. The zero-order valence-electron chi connectivity index (χ0n) is 8.08. The molecule has 0 bridgehead atoms. The minimum absolute atomic E-state index is 0. The van der Waals surface area contributed by atoms with E-state index >= 15 is 0 Å². The highest BCUT2D eigenvalue weighted by atomic mass is 35.5. The second kappa shape index (κ2) is 6.00. The molecule has 13 heavy (non-hydrogen) atoms.